The molecular formula is C4H6N2OS. The predicted molar refractivity (Wildman–Crippen MR) is 31.0 cm³/mol. The predicted octanol–water partition coefficient (Wildman–Crippen LogP) is 1.05. The molecule has 0 bridgehead atoms. The lowest BCUT2D eigenvalue weighted by Crippen LogP contribution is -1.88. The van der Waals surface area contributed by atoms with Gasteiger partial charge in [-0.25, -0.2) is 4.68 Å². The molecule has 0 N–H and O–H groups in total. The molecule has 8 heavy (non-hydrogen) atoms. The minimum Gasteiger partial charge on any atom is -0.414 e. The molecule has 0 aromatic carbocycles. The number of hydrogen-bond donors (Lipinski definition) is 0. The molecule has 0 aliphatic carbocycles. The summed E-state index contributed by atoms with van der Waals surface area (Å²) in [6.07, 6.45) is 0. The molecule has 4 heteroatoms. The Labute approximate surface area is 51.9 Å². The highest BCUT2D eigenvalue weighted by atomic mass is 32.1. The Morgan fingerprint density at radius 3 is 2.50 bits per heavy atom. The summed E-state index contributed by atoms with van der Waals surface area (Å²) in [6, 6.07) is 0. The van der Waals surface area contributed by atoms with Crippen LogP contribution in [0, 0.1) is 11.8 Å². The van der Waals surface area contributed by atoms with Crippen molar-refractivity contribution in [2.45, 2.75) is 6.92 Å². The molecular weight excluding hydrogens is 124 g/mol. The number of nitrogens with zero attached hydrogens (tertiary/aromatic N) is 2. The number of hydrogen-bond acceptors (Lipinski definition) is 3. The zero-order chi connectivity index (χ0) is 6.15. The van der Waals surface area contributed by atoms with Gasteiger partial charge in [-0.2, -0.15) is 0 Å². The van der Waals surface area contributed by atoms with E-state index in [1.807, 2.05) is 0 Å². The van der Waals surface area contributed by atoms with E-state index in [-0.39, 0.29) is 0 Å². The topological polar surface area (TPSA) is 31.0 Å². The van der Waals surface area contributed by atoms with Crippen molar-refractivity contribution in [3.63, 3.8) is 0 Å². The molecule has 0 unspecified atom stereocenters. The molecule has 0 saturated heterocycles. The highest BCUT2D eigenvalue weighted by Gasteiger charge is 1.91. The van der Waals surface area contributed by atoms with Gasteiger partial charge in [-0.1, -0.05) is 0 Å². The summed E-state index contributed by atoms with van der Waals surface area (Å²) < 4.78 is 6.40. The normalized spacial score (nSPS) is 9.75. The van der Waals surface area contributed by atoms with Crippen LogP contribution < -0.4 is 0 Å². The molecule has 1 aromatic rings. The Morgan fingerprint density at radius 2 is 2.38 bits per heavy atom. The van der Waals surface area contributed by atoms with Gasteiger partial charge in [-0.05, 0) is 12.2 Å². The molecule has 0 aliphatic rings. The first kappa shape index (κ1) is 5.50. The maximum absolute atomic E-state index is 4.88. The molecule has 1 aromatic heterocycles. The molecule has 44 valence electrons. The highest BCUT2D eigenvalue weighted by molar-refractivity contribution is 7.71. The second-order valence-corrected chi connectivity index (χ2v) is 1.86. The Morgan fingerprint density at radius 1 is 1.75 bits per heavy atom. The molecule has 0 spiro atoms. The van der Waals surface area contributed by atoms with Crippen LogP contribution in [-0.2, 0) is 7.05 Å². The molecule has 3 nitrogen and oxygen atoms in total. The van der Waals surface area contributed by atoms with Gasteiger partial charge in [0.2, 0.25) is 5.89 Å². The lowest BCUT2D eigenvalue weighted by Gasteiger charge is -1.75. The van der Waals surface area contributed by atoms with Gasteiger partial charge >= 0.3 is 0 Å². The van der Waals surface area contributed by atoms with Gasteiger partial charge in [0.1, 0.15) is 0 Å². The van der Waals surface area contributed by atoms with E-state index in [0.717, 1.165) is 0 Å². The third kappa shape index (κ3) is 0.790. The fourth-order valence-electron chi connectivity index (χ4n) is 0.465. The second kappa shape index (κ2) is 1.70. The van der Waals surface area contributed by atoms with Crippen LogP contribution in [-0.4, -0.2) is 9.78 Å². The summed E-state index contributed by atoms with van der Waals surface area (Å²) in [5.74, 6) is 0.609. The van der Waals surface area contributed by atoms with E-state index < -0.39 is 0 Å². The van der Waals surface area contributed by atoms with E-state index in [4.69, 9.17) is 16.6 Å². The maximum atomic E-state index is 4.88. The number of rotatable bonds is 0. The summed E-state index contributed by atoms with van der Waals surface area (Å²) in [4.78, 5) is 0.419. The minimum atomic E-state index is 0.419. The standard InChI is InChI=1S/C4H6N2OS/c1-3-5-6(2)4(8)7-3/h1-2H3. The fourth-order valence-corrected chi connectivity index (χ4v) is 0.626. The third-order valence-electron chi connectivity index (χ3n) is 0.790. The lowest BCUT2D eigenvalue weighted by molar-refractivity contribution is 0.496. The van der Waals surface area contributed by atoms with Gasteiger partial charge in [0, 0.05) is 14.0 Å². The molecule has 1 rings (SSSR count). The second-order valence-electron chi connectivity index (χ2n) is 1.51. The monoisotopic (exact) mass is 130 g/mol. The summed E-state index contributed by atoms with van der Waals surface area (Å²) >= 11 is 4.71. The molecule has 0 radical (unpaired) electrons. The zero-order valence-electron chi connectivity index (χ0n) is 4.71. The first-order valence-electron chi connectivity index (χ1n) is 2.21. The first-order valence-corrected chi connectivity index (χ1v) is 2.62. The third-order valence-corrected chi connectivity index (χ3v) is 1.14. The van der Waals surface area contributed by atoms with Crippen LogP contribution in [0.15, 0.2) is 4.42 Å². The van der Waals surface area contributed by atoms with Crippen LogP contribution in [0.1, 0.15) is 5.89 Å². The van der Waals surface area contributed by atoms with Crippen molar-refractivity contribution in [3.8, 4) is 0 Å². The summed E-state index contributed by atoms with van der Waals surface area (Å²) in [5.41, 5.74) is 0. The molecule has 0 aliphatic heterocycles. The van der Waals surface area contributed by atoms with Crippen LogP contribution in [0.5, 0.6) is 0 Å². The van der Waals surface area contributed by atoms with Crippen molar-refractivity contribution in [2.24, 2.45) is 7.05 Å². The fraction of sp³-hybridized carbons (Fsp3) is 0.500. The van der Waals surface area contributed by atoms with Crippen LogP contribution in [0.2, 0.25) is 0 Å². The minimum absolute atomic E-state index is 0.419. The SMILES string of the molecule is Cc1nn(C)c(=S)o1. The zero-order valence-corrected chi connectivity index (χ0v) is 5.53. The van der Waals surface area contributed by atoms with Gasteiger partial charge in [0.15, 0.2) is 0 Å². The number of aromatic nitrogens is 2. The Balaban J connectivity index is 3.35. The lowest BCUT2D eigenvalue weighted by atomic mass is 10.8. The first-order chi connectivity index (χ1) is 3.70. The smallest absolute Gasteiger partial charge is 0.286 e. The van der Waals surface area contributed by atoms with Crippen molar-refractivity contribution in [1.82, 2.24) is 9.78 Å². The van der Waals surface area contributed by atoms with E-state index >= 15 is 0 Å². The molecule has 1 heterocycles. The Kier molecular flexibility index (Phi) is 1.17. The number of aryl methyl sites for hydroxylation is 2. The van der Waals surface area contributed by atoms with E-state index in [2.05, 4.69) is 5.10 Å². The largest absolute Gasteiger partial charge is 0.414 e. The van der Waals surface area contributed by atoms with E-state index in [1.54, 1.807) is 14.0 Å². The molecule has 0 fully saturated rings. The van der Waals surface area contributed by atoms with E-state index in [1.165, 1.54) is 4.68 Å². The molecule has 0 amide bonds. The summed E-state index contributed by atoms with van der Waals surface area (Å²) in [7, 11) is 1.75. The van der Waals surface area contributed by atoms with Crippen LogP contribution in [0.3, 0.4) is 0 Å². The Bertz CT molecular complexity index is 236. The van der Waals surface area contributed by atoms with E-state index in [9.17, 15) is 0 Å². The highest BCUT2D eigenvalue weighted by Crippen LogP contribution is 1.92. The van der Waals surface area contributed by atoms with Crippen LogP contribution >= 0.6 is 12.2 Å². The average molecular weight is 130 g/mol. The Hall–Kier alpha value is -0.640. The van der Waals surface area contributed by atoms with Crippen molar-refractivity contribution >= 4 is 12.2 Å². The average Bonchev–Trinajstić information content (AvgIpc) is 1.85. The van der Waals surface area contributed by atoms with Gasteiger partial charge in [0.05, 0.1) is 0 Å². The van der Waals surface area contributed by atoms with Gasteiger partial charge in [-0.15, -0.1) is 5.10 Å². The van der Waals surface area contributed by atoms with Crippen molar-refractivity contribution < 1.29 is 4.42 Å². The van der Waals surface area contributed by atoms with Gasteiger partial charge in [-0.3, -0.25) is 0 Å². The van der Waals surface area contributed by atoms with Crippen molar-refractivity contribution in [1.29, 1.82) is 0 Å². The van der Waals surface area contributed by atoms with Crippen molar-refractivity contribution in [3.05, 3.63) is 10.7 Å². The van der Waals surface area contributed by atoms with Crippen molar-refractivity contribution in [2.75, 3.05) is 0 Å². The molecule has 0 atom stereocenters. The van der Waals surface area contributed by atoms with Gasteiger partial charge < -0.3 is 4.42 Å². The maximum Gasteiger partial charge on any atom is 0.286 e. The molecule has 0 saturated carbocycles. The van der Waals surface area contributed by atoms with Gasteiger partial charge in [0.25, 0.3) is 4.84 Å². The summed E-state index contributed by atoms with van der Waals surface area (Å²) in [6.45, 7) is 1.76. The quantitative estimate of drug-likeness (QED) is 0.492. The van der Waals surface area contributed by atoms with E-state index in [0.29, 0.717) is 10.7 Å². The summed E-state index contributed by atoms with van der Waals surface area (Å²) in [5, 5.41) is 3.86. The van der Waals surface area contributed by atoms with Crippen LogP contribution in [0.25, 0.3) is 0 Å². The van der Waals surface area contributed by atoms with Crippen LogP contribution in [0.4, 0.5) is 0 Å².